The highest BCUT2D eigenvalue weighted by Gasteiger charge is 2.22. The smallest absolute Gasteiger partial charge is 0.334 e. The summed E-state index contributed by atoms with van der Waals surface area (Å²) in [5.74, 6) is -0.417. The van der Waals surface area contributed by atoms with Gasteiger partial charge in [-0.05, 0) is 66.2 Å². The summed E-state index contributed by atoms with van der Waals surface area (Å²) in [7, 11) is 1.36. The van der Waals surface area contributed by atoms with E-state index < -0.39 is 0 Å². The zero-order valence-corrected chi connectivity index (χ0v) is 15.7. The zero-order valence-electron chi connectivity index (χ0n) is 15.7. The lowest BCUT2D eigenvalue weighted by molar-refractivity contribution is -0.136. The predicted octanol–water partition coefficient (Wildman–Crippen LogP) is 5.24. The van der Waals surface area contributed by atoms with Gasteiger partial charge in [0.2, 0.25) is 0 Å². The van der Waals surface area contributed by atoms with E-state index in [4.69, 9.17) is 4.74 Å². The lowest BCUT2D eigenvalue weighted by Crippen LogP contribution is -2.15. The van der Waals surface area contributed by atoms with Crippen LogP contribution in [0.4, 0.5) is 0 Å². The highest BCUT2D eigenvalue weighted by molar-refractivity contribution is 6.03. The number of Topliss-reactive ketones (excluding diaryl/α,β-unsaturated/α-hetero) is 1. The number of ketones is 1. The maximum absolute atomic E-state index is 11.8. The fourth-order valence-corrected chi connectivity index (χ4v) is 2.83. The lowest BCUT2D eigenvalue weighted by Gasteiger charge is -2.18. The van der Waals surface area contributed by atoms with E-state index >= 15 is 0 Å². The number of allylic oxidation sites excluding steroid dienone is 7. The normalized spacial score (nSPS) is 15.0. The van der Waals surface area contributed by atoms with Crippen LogP contribution in [0.1, 0.15) is 66.2 Å². The maximum Gasteiger partial charge on any atom is 0.334 e. The van der Waals surface area contributed by atoms with Crippen LogP contribution >= 0.6 is 0 Å². The molecule has 0 aromatic rings. The summed E-state index contributed by atoms with van der Waals surface area (Å²) in [6.07, 6.45) is 11.8. The average molecular weight is 330 g/mol. The third kappa shape index (κ3) is 6.69. The van der Waals surface area contributed by atoms with Crippen LogP contribution in [0, 0.1) is 0 Å². The van der Waals surface area contributed by atoms with Crippen LogP contribution in [0.25, 0.3) is 0 Å². The van der Waals surface area contributed by atoms with Crippen molar-refractivity contribution in [1.82, 2.24) is 0 Å². The van der Waals surface area contributed by atoms with Crippen molar-refractivity contribution in [2.75, 3.05) is 7.11 Å². The van der Waals surface area contributed by atoms with E-state index in [-0.39, 0.29) is 11.8 Å². The van der Waals surface area contributed by atoms with Gasteiger partial charge >= 0.3 is 5.97 Å². The molecule has 0 spiro atoms. The third-order valence-electron chi connectivity index (χ3n) is 4.27. The fraction of sp³-hybridized carbons (Fsp3) is 0.524. The molecule has 0 aliphatic heterocycles. The molecule has 0 aromatic carbocycles. The van der Waals surface area contributed by atoms with Crippen molar-refractivity contribution in [3.63, 3.8) is 0 Å². The van der Waals surface area contributed by atoms with E-state index in [1.54, 1.807) is 0 Å². The summed E-state index contributed by atoms with van der Waals surface area (Å²) in [5.41, 5.74) is 5.13. The van der Waals surface area contributed by atoms with Gasteiger partial charge in [0.1, 0.15) is 0 Å². The molecule has 24 heavy (non-hydrogen) atoms. The van der Waals surface area contributed by atoms with Crippen molar-refractivity contribution in [2.24, 2.45) is 0 Å². The number of hydrogen-bond acceptors (Lipinski definition) is 3. The highest BCUT2D eigenvalue weighted by atomic mass is 16.5. The molecule has 0 N–H and O–H groups in total. The molecule has 0 radical (unpaired) electrons. The second-order valence-electron chi connectivity index (χ2n) is 6.66. The molecule has 0 atom stereocenters. The minimum Gasteiger partial charge on any atom is -0.466 e. The van der Waals surface area contributed by atoms with Gasteiger partial charge in [-0.3, -0.25) is 4.79 Å². The lowest BCUT2D eigenvalue weighted by atomic mass is 9.87. The van der Waals surface area contributed by atoms with Crippen molar-refractivity contribution in [3.05, 3.63) is 46.1 Å². The molecule has 1 aliphatic carbocycles. The van der Waals surface area contributed by atoms with Crippen molar-refractivity contribution >= 4 is 11.8 Å². The topological polar surface area (TPSA) is 43.4 Å². The van der Waals surface area contributed by atoms with Gasteiger partial charge in [0.25, 0.3) is 0 Å². The van der Waals surface area contributed by atoms with Gasteiger partial charge < -0.3 is 4.74 Å². The molecule has 1 rings (SSSR count). The van der Waals surface area contributed by atoms with E-state index in [1.165, 1.54) is 30.8 Å². The minimum atomic E-state index is -0.384. The first kappa shape index (κ1) is 20.1. The van der Waals surface area contributed by atoms with E-state index in [0.717, 1.165) is 25.7 Å². The van der Waals surface area contributed by atoms with Crippen LogP contribution in [0.15, 0.2) is 46.1 Å². The second-order valence-corrected chi connectivity index (χ2v) is 6.66. The Bertz CT molecular complexity index is 597. The van der Waals surface area contributed by atoms with Gasteiger partial charge in [0, 0.05) is 11.1 Å². The highest BCUT2D eigenvalue weighted by Crippen LogP contribution is 2.29. The van der Waals surface area contributed by atoms with Crippen molar-refractivity contribution < 1.29 is 14.3 Å². The first-order valence-electron chi connectivity index (χ1n) is 8.63. The largest absolute Gasteiger partial charge is 0.466 e. The Kier molecular flexibility index (Phi) is 8.45. The number of carbonyl (C=O) groups excluding carboxylic acids is 2. The molecule has 132 valence electrons. The molecule has 0 heterocycles. The van der Waals surface area contributed by atoms with Crippen LogP contribution in [0.5, 0.6) is 0 Å². The van der Waals surface area contributed by atoms with E-state index in [2.05, 4.69) is 39.0 Å². The number of rotatable bonds is 8. The van der Waals surface area contributed by atoms with Crippen molar-refractivity contribution in [1.29, 1.82) is 0 Å². The number of methoxy groups -OCH3 is 1. The molecule has 0 fully saturated rings. The molecule has 0 aromatic heterocycles. The standard InChI is InChI=1S/C21H30O3/c1-15(2)8-6-9-16(3)10-7-11-18-12-13-19(21(23)24-5)20(14-18)17(4)22/h8,10,12H,6-7,9,11,13-14H2,1-5H3/b16-10+. The summed E-state index contributed by atoms with van der Waals surface area (Å²) in [5, 5.41) is 0. The number of ether oxygens (including phenoxy) is 1. The zero-order chi connectivity index (χ0) is 18.1. The van der Waals surface area contributed by atoms with Crippen molar-refractivity contribution in [3.8, 4) is 0 Å². The Morgan fingerprint density at radius 3 is 2.38 bits per heavy atom. The second kappa shape index (κ2) is 10.1. The monoisotopic (exact) mass is 330 g/mol. The molecular formula is C21H30O3. The van der Waals surface area contributed by atoms with E-state index in [1.807, 2.05) is 0 Å². The Labute approximate surface area is 146 Å². The van der Waals surface area contributed by atoms with Crippen LogP contribution in [0.3, 0.4) is 0 Å². The van der Waals surface area contributed by atoms with Crippen LogP contribution in [-0.4, -0.2) is 18.9 Å². The predicted molar refractivity (Wildman–Crippen MR) is 98.7 cm³/mol. The summed E-state index contributed by atoms with van der Waals surface area (Å²) in [4.78, 5) is 23.6. The molecule has 1 aliphatic rings. The molecule has 0 amide bonds. The van der Waals surface area contributed by atoms with Gasteiger partial charge in [-0.1, -0.05) is 34.9 Å². The quantitative estimate of drug-likeness (QED) is 0.451. The Morgan fingerprint density at radius 2 is 1.79 bits per heavy atom. The maximum atomic E-state index is 11.8. The van der Waals surface area contributed by atoms with Gasteiger partial charge in [-0.15, -0.1) is 0 Å². The SMILES string of the molecule is COC(=O)C1=C(C(C)=O)CC(CC/C=C(\C)CCC=C(C)C)=CC1. The van der Waals surface area contributed by atoms with Crippen LogP contribution in [-0.2, 0) is 14.3 Å². The summed E-state index contributed by atoms with van der Waals surface area (Å²) in [6.45, 7) is 7.94. The van der Waals surface area contributed by atoms with Gasteiger partial charge in [0.15, 0.2) is 5.78 Å². The van der Waals surface area contributed by atoms with Crippen LogP contribution < -0.4 is 0 Å². The summed E-state index contributed by atoms with van der Waals surface area (Å²) >= 11 is 0. The molecule has 0 saturated heterocycles. The first-order chi connectivity index (χ1) is 11.3. The Morgan fingerprint density at radius 1 is 1.08 bits per heavy atom. The Balaban J connectivity index is 2.57. The number of hydrogen-bond donors (Lipinski definition) is 0. The minimum absolute atomic E-state index is 0.0329. The molecule has 0 bridgehead atoms. The van der Waals surface area contributed by atoms with Crippen LogP contribution in [0.2, 0.25) is 0 Å². The van der Waals surface area contributed by atoms with Gasteiger partial charge in [0.05, 0.1) is 7.11 Å². The molecule has 3 nitrogen and oxygen atoms in total. The van der Waals surface area contributed by atoms with E-state index in [0.29, 0.717) is 24.0 Å². The number of carbonyl (C=O) groups is 2. The molecule has 0 saturated carbocycles. The molecule has 3 heteroatoms. The van der Waals surface area contributed by atoms with Gasteiger partial charge in [-0.25, -0.2) is 4.79 Å². The Hall–Kier alpha value is -1.90. The summed E-state index contributed by atoms with van der Waals surface area (Å²) in [6, 6.07) is 0. The van der Waals surface area contributed by atoms with Crippen molar-refractivity contribution in [2.45, 2.75) is 66.2 Å². The van der Waals surface area contributed by atoms with Gasteiger partial charge in [-0.2, -0.15) is 0 Å². The average Bonchev–Trinajstić information content (AvgIpc) is 2.53. The molecular weight excluding hydrogens is 300 g/mol. The fourth-order valence-electron chi connectivity index (χ4n) is 2.83. The summed E-state index contributed by atoms with van der Waals surface area (Å²) < 4.78 is 4.78. The number of esters is 1. The molecule has 0 unspecified atom stereocenters. The third-order valence-corrected chi connectivity index (χ3v) is 4.27. The first-order valence-corrected chi connectivity index (χ1v) is 8.63. The van der Waals surface area contributed by atoms with E-state index in [9.17, 15) is 9.59 Å².